The summed E-state index contributed by atoms with van der Waals surface area (Å²) >= 11 is 0. The standard InChI is InChI=1S/C16H21N3O/c1-2-19(15-8-9-17-10-15)11-14-12-20-16(18-14)13-6-4-3-5-7-13/h3-7,12,15,17H,2,8-11H2,1H3. The second kappa shape index (κ2) is 6.20. The van der Waals surface area contributed by atoms with Gasteiger partial charge in [0.05, 0.1) is 5.69 Å². The highest BCUT2D eigenvalue weighted by Crippen LogP contribution is 2.19. The van der Waals surface area contributed by atoms with Gasteiger partial charge in [-0.15, -0.1) is 0 Å². The molecule has 4 heteroatoms. The van der Waals surface area contributed by atoms with E-state index in [1.54, 1.807) is 6.26 Å². The first-order valence-corrected chi connectivity index (χ1v) is 7.31. The Kier molecular flexibility index (Phi) is 4.14. The Balaban J connectivity index is 1.70. The molecule has 2 aromatic rings. The summed E-state index contributed by atoms with van der Waals surface area (Å²) in [5.41, 5.74) is 2.04. The fourth-order valence-corrected chi connectivity index (χ4v) is 2.75. The predicted octanol–water partition coefficient (Wildman–Crippen LogP) is 2.53. The van der Waals surface area contributed by atoms with Gasteiger partial charge in [-0.1, -0.05) is 25.1 Å². The molecule has 1 unspecified atom stereocenters. The van der Waals surface area contributed by atoms with Crippen molar-refractivity contribution in [1.29, 1.82) is 0 Å². The van der Waals surface area contributed by atoms with Crippen LogP contribution in [0.3, 0.4) is 0 Å². The van der Waals surface area contributed by atoms with Crippen molar-refractivity contribution in [1.82, 2.24) is 15.2 Å². The third-order valence-corrected chi connectivity index (χ3v) is 3.89. The molecule has 1 fully saturated rings. The molecule has 1 N–H and O–H groups in total. The molecule has 4 nitrogen and oxygen atoms in total. The van der Waals surface area contributed by atoms with E-state index in [4.69, 9.17) is 4.42 Å². The summed E-state index contributed by atoms with van der Waals surface area (Å²) in [4.78, 5) is 7.08. The highest BCUT2D eigenvalue weighted by molar-refractivity contribution is 5.52. The number of nitrogens with one attached hydrogen (secondary N) is 1. The molecule has 1 atom stereocenters. The third kappa shape index (κ3) is 2.92. The van der Waals surface area contributed by atoms with Gasteiger partial charge in [-0.2, -0.15) is 0 Å². The van der Waals surface area contributed by atoms with Gasteiger partial charge >= 0.3 is 0 Å². The molecule has 0 amide bonds. The number of aromatic nitrogens is 1. The molecule has 1 aromatic heterocycles. The second-order valence-corrected chi connectivity index (χ2v) is 5.22. The van der Waals surface area contributed by atoms with Crippen LogP contribution >= 0.6 is 0 Å². The molecule has 1 saturated heterocycles. The summed E-state index contributed by atoms with van der Waals surface area (Å²) in [5.74, 6) is 0.709. The maximum Gasteiger partial charge on any atom is 0.226 e. The fraction of sp³-hybridized carbons (Fsp3) is 0.438. The normalized spacial score (nSPS) is 18.8. The van der Waals surface area contributed by atoms with E-state index in [1.165, 1.54) is 6.42 Å². The molecule has 3 rings (SSSR count). The Labute approximate surface area is 119 Å². The van der Waals surface area contributed by atoms with Crippen molar-refractivity contribution in [3.63, 3.8) is 0 Å². The number of rotatable bonds is 5. The Morgan fingerprint density at radius 3 is 2.90 bits per heavy atom. The van der Waals surface area contributed by atoms with Crippen LogP contribution < -0.4 is 5.32 Å². The van der Waals surface area contributed by atoms with E-state index < -0.39 is 0 Å². The van der Waals surface area contributed by atoms with Crippen molar-refractivity contribution in [3.05, 3.63) is 42.3 Å². The SMILES string of the molecule is CCN(Cc1coc(-c2ccccc2)n1)C1CCNC1. The van der Waals surface area contributed by atoms with Gasteiger partial charge in [-0.25, -0.2) is 4.98 Å². The Hall–Kier alpha value is -1.65. The zero-order chi connectivity index (χ0) is 13.8. The summed E-state index contributed by atoms with van der Waals surface area (Å²) in [6, 6.07) is 10.7. The van der Waals surface area contributed by atoms with Crippen molar-refractivity contribution in [2.24, 2.45) is 0 Å². The van der Waals surface area contributed by atoms with E-state index in [-0.39, 0.29) is 0 Å². The first kappa shape index (κ1) is 13.3. The molecule has 0 aliphatic carbocycles. The maximum absolute atomic E-state index is 5.61. The highest BCUT2D eigenvalue weighted by Gasteiger charge is 2.22. The minimum Gasteiger partial charge on any atom is -0.444 e. The van der Waals surface area contributed by atoms with Crippen molar-refractivity contribution >= 4 is 0 Å². The van der Waals surface area contributed by atoms with Gasteiger partial charge in [-0.05, 0) is 31.6 Å². The maximum atomic E-state index is 5.61. The molecule has 0 radical (unpaired) electrons. The summed E-state index contributed by atoms with van der Waals surface area (Å²) in [6.07, 6.45) is 3.00. The van der Waals surface area contributed by atoms with Crippen molar-refractivity contribution in [2.45, 2.75) is 25.9 Å². The van der Waals surface area contributed by atoms with Crippen LogP contribution in [0, 0.1) is 0 Å². The van der Waals surface area contributed by atoms with Gasteiger partial charge in [0.15, 0.2) is 0 Å². The van der Waals surface area contributed by atoms with Crippen molar-refractivity contribution in [3.8, 4) is 11.5 Å². The van der Waals surface area contributed by atoms with Crippen LogP contribution in [0.5, 0.6) is 0 Å². The van der Waals surface area contributed by atoms with E-state index in [0.29, 0.717) is 11.9 Å². The van der Waals surface area contributed by atoms with Crippen molar-refractivity contribution in [2.75, 3.05) is 19.6 Å². The average molecular weight is 271 g/mol. The van der Waals surface area contributed by atoms with E-state index in [1.807, 2.05) is 30.3 Å². The first-order chi connectivity index (χ1) is 9.86. The van der Waals surface area contributed by atoms with Crippen LogP contribution in [0.15, 0.2) is 41.0 Å². The second-order valence-electron chi connectivity index (χ2n) is 5.22. The lowest BCUT2D eigenvalue weighted by molar-refractivity contribution is 0.208. The predicted molar refractivity (Wildman–Crippen MR) is 79.3 cm³/mol. The molecule has 20 heavy (non-hydrogen) atoms. The molecule has 0 saturated carbocycles. The van der Waals surface area contributed by atoms with Crippen LogP contribution in [0.1, 0.15) is 19.0 Å². The van der Waals surface area contributed by atoms with Gasteiger partial charge in [-0.3, -0.25) is 4.90 Å². The smallest absolute Gasteiger partial charge is 0.226 e. The van der Waals surface area contributed by atoms with Gasteiger partial charge in [0.1, 0.15) is 6.26 Å². The van der Waals surface area contributed by atoms with E-state index in [9.17, 15) is 0 Å². The number of hydrogen-bond donors (Lipinski definition) is 1. The van der Waals surface area contributed by atoms with Crippen LogP contribution in [0.4, 0.5) is 0 Å². The lowest BCUT2D eigenvalue weighted by Gasteiger charge is -2.25. The average Bonchev–Trinajstić information content (AvgIpc) is 3.17. The van der Waals surface area contributed by atoms with Gasteiger partial charge in [0.2, 0.25) is 5.89 Å². The molecular weight excluding hydrogens is 250 g/mol. The Morgan fingerprint density at radius 1 is 1.35 bits per heavy atom. The van der Waals surface area contributed by atoms with Gasteiger partial charge in [0.25, 0.3) is 0 Å². The fourth-order valence-electron chi connectivity index (χ4n) is 2.75. The lowest BCUT2D eigenvalue weighted by Crippen LogP contribution is -2.36. The number of hydrogen-bond acceptors (Lipinski definition) is 4. The summed E-state index contributed by atoms with van der Waals surface area (Å²) < 4.78 is 5.61. The van der Waals surface area contributed by atoms with Gasteiger partial charge in [0, 0.05) is 24.7 Å². The minimum atomic E-state index is 0.622. The first-order valence-electron chi connectivity index (χ1n) is 7.31. The lowest BCUT2D eigenvalue weighted by atomic mass is 10.2. The molecule has 1 aliphatic heterocycles. The zero-order valence-electron chi connectivity index (χ0n) is 11.9. The van der Waals surface area contributed by atoms with Crippen LogP contribution in [0.2, 0.25) is 0 Å². The summed E-state index contributed by atoms with van der Waals surface area (Å²) in [6.45, 7) is 6.31. The topological polar surface area (TPSA) is 41.3 Å². The largest absolute Gasteiger partial charge is 0.444 e. The quantitative estimate of drug-likeness (QED) is 0.907. The molecular formula is C16H21N3O. The Bertz CT molecular complexity index is 532. The van der Waals surface area contributed by atoms with Crippen LogP contribution in [-0.4, -0.2) is 35.6 Å². The Morgan fingerprint density at radius 2 is 2.20 bits per heavy atom. The van der Waals surface area contributed by atoms with Crippen molar-refractivity contribution < 1.29 is 4.42 Å². The molecule has 0 bridgehead atoms. The molecule has 2 heterocycles. The molecule has 1 aromatic carbocycles. The molecule has 106 valence electrons. The number of benzene rings is 1. The summed E-state index contributed by atoms with van der Waals surface area (Å²) in [7, 11) is 0. The molecule has 0 spiro atoms. The monoisotopic (exact) mass is 271 g/mol. The van der Waals surface area contributed by atoms with E-state index >= 15 is 0 Å². The summed E-state index contributed by atoms with van der Waals surface area (Å²) in [5, 5.41) is 3.42. The third-order valence-electron chi connectivity index (χ3n) is 3.89. The number of nitrogens with zero attached hydrogens (tertiary/aromatic N) is 2. The minimum absolute atomic E-state index is 0.622. The number of oxazole rings is 1. The highest BCUT2D eigenvalue weighted by atomic mass is 16.3. The zero-order valence-corrected chi connectivity index (χ0v) is 11.9. The van der Waals surface area contributed by atoms with Gasteiger partial charge < -0.3 is 9.73 Å². The number of likely N-dealkylation sites (N-methyl/N-ethyl adjacent to an activating group) is 1. The van der Waals surface area contributed by atoms with Crippen LogP contribution in [-0.2, 0) is 6.54 Å². The molecule has 1 aliphatic rings. The van der Waals surface area contributed by atoms with Crippen LogP contribution in [0.25, 0.3) is 11.5 Å². The van der Waals surface area contributed by atoms with E-state index in [2.05, 4.69) is 22.1 Å². The van der Waals surface area contributed by atoms with E-state index in [0.717, 1.165) is 37.4 Å².